The summed E-state index contributed by atoms with van der Waals surface area (Å²) in [5.41, 5.74) is 5.16. The van der Waals surface area contributed by atoms with Crippen LogP contribution in [0.4, 0.5) is 10.1 Å². The molecule has 28 heavy (non-hydrogen) atoms. The van der Waals surface area contributed by atoms with Crippen molar-refractivity contribution < 1.29 is 18.7 Å². The molecule has 1 aliphatic rings. The van der Waals surface area contributed by atoms with E-state index in [9.17, 15) is 9.18 Å². The fourth-order valence-corrected chi connectivity index (χ4v) is 2.89. The van der Waals surface area contributed by atoms with Crippen molar-refractivity contribution in [1.29, 1.82) is 0 Å². The molecule has 0 saturated carbocycles. The Hall–Kier alpha value is -2.93. The summed E-state index contributed by atoms with van der Waals surface area (Å²) in [5, 5.41) is 4.04. The van der Waals surface area contributed by atoms with Gasteiger partial charge in [0.2, 0.25) is 0 Å². The summed E-state index contributed by atoms with van der Waals surface area (Å²) < 4.78 is 25.2. The molecule has 2 aromatic rings. The number of nitrogens with zero attached hydrogens (tertiary/aromatic N) is 2. The zero-order valence-corrected chi connectivity index (χ0v) is 16.1. The van der Waals surface area contributed by atoms with E-state index in [2.05, 4.69) is 10.5 Å². The average molecular weight is 385 g/mol. The Morgan fingerprint density at radius 1 is 1.25 bits per heavy atom. The van der Waals surface area contributed by atoms with Crippen LogP contribution < -0.4 is 15.1 Å². The molecule has 0 unspecified atom stereocenters. The molecule has 1 saturated heterocycles. The van der Waals surface area contributed by atoms with E-state index in [4.69, 9.17) is 9.47 Å². The third-order valence-electron chi connectivity index (χ3n) is 4.43. The van der Waals surface area contributed by atoms with Crippen LogP contribution in [0, 0.1) is 12.7 Å². The van der Waals surface area contributed by atoms with Crippen LogP contribution in [0.25, 0.3) is 0 Å². The van der Waals surface area contributed by atoms with Gasteiger partial charge >= 0.3 is 0 Å². The van der Waals surface area contributed by atoms with Crippen LogP contribution in [-0.2, 0) is 9.53 Å². The van der Waals surface area contributed by atoms with Crippen molar-refractivity contribution in [2.45, 2.75) is 13.8 Å². The first-order valence-corrected chi connectivity index (χ1v) is 9.18. The van der Waals surface area contributed by atoms with Crippen LogP contribution in [0.3, 0.4) is 0 Å². The molecule has 1 fully saturated rings. The lowest BCUT2D eigenvalue weighted by Crippen LogP contribution is -2.36. The number of benzene rings is 2. The SMILES string of the molecule is C/C(=N/NC(=O)COc1cccc(C)c1)c1ccc(N2CCOCC2)c(F)c1. The van der Waals surface area contributed by atoms with E-state index in [-0.39, 0.29) is 18.3 Å². The summed E-state index contributed by atoms with van der Waals surface area (Å²) in [6.45, 7) is 6.04. The summed E-state index contributed by atoms with van der Waals surface area (Å²) in [4.78, 5) is 13.9. The molecular weight excluding hydrogens is 361 g/mol. The smallest absolute Gasteiger partial charge is 0.277 e. The van der Waals surface area contributed by atoms with Crippen molar-refractivity contribution in [3.8, 4) is 5.75 Å². The van der Waals surface area contributed by atoms with Gasteiger partial charge in [0, 0.05) is 18.7 Å². The lowest BCUT2D eigenvalue weighted by Gasteiger charge is -2.29. The first-order chi connectivity index (χ1) is 13.5. The summed E-state index contributed by atoms with van der Waals surface area (Å²) in [6, 6.07) is 12.4. The van der Waals surface area contributed by atoms with E-state index in [1.165, 1.54) is 6.07 Å². The maximum atomic E-state index is 14.5. The highest BCUT2D eigenvalue weighted by atomic mass is 19.1. The lowest BCUT2D eigenvalue weighted by atomic mass is 10.1. The molecule has 0 radical (unpaired) electrons. The summed E-state index contributed by atoms with van der Waals surface area (Å²) in [6.07, 6.45) is 0. The Kier molecular flexibility index (Phi) is 6.60. The van der Waals surface area contributed by atoms with Gasteiger partial charge in [0.1, 0.15) is 11.6 Å². The van der Waals surface area contributed by atoms with E-state index in [1.807, 2.05) is 30.0 Å². The third kappa shape index (κ3) is 5.29. The van der Waals surface area contributed by atoms with E-state index in [0.29, 0.717) is 49.0 Å². The van der Waals surface area contributed by atoms with Crippen LogP contribution in [0.15, 0.2) is 47.6 Å². The number of morpholine rings is 1. The molecule has 1 aliphatic heterocycles. The highest BCUT2D eigenvalue weighted by molar-refractivity contribution is 5.99. The van der Waals surface area contributed by atoms with Crippen LogP contribution in [0.5, 0.6) is 5.75 Å². The number of carbonyl (C=O) groups excluding carboxylic acids is 1. The second-order valence-corrected chi connectivity index (χ2v) is 6.60. The maximum absolute atomic E-state index is 14.5. The molecule has 7 heteroatoms. The third-order valence-corrected chi connectivity index (χ3v) is 4.43. The highest BCUT2D eigenvalue weighted by Crippen LogP contribution is 2.22. The van der Waals surface area contributed by atoms with Gasteiger partial charge < -0.3 is 14.4 Å². The number of rotatable bonds is 6. The minimum atomic E-state index is -0.383. The Bertz CT molecular complexity index is 864. The van der Waals surface area contributed by atoms with Gasteiger partial charge in [-0.2, -0.15) is 5.10 Å². The number of carbonyl (C=O) groups is 1. The second-order valence-electron chi connectivity index (χ2n) is 6.60. The number of amides is 1. The first-order valence-electron chi connectivity index (χ1n) is 9.18. The number of anilines is 1. The van der Waals surface area contributed by atoms with E-state index in [0.717, 1.165) is 5.56 Å². The fraction of sp³-hybridized carbons (Fsp3) is 0.333. The normalized spacial score (nSPS) is 14.7. The predicted molar refractivity (Wildman–Crippen MR) is 106 cm³/mol. The van der Waals surface area contributed by atoms with Crippen molar-refractivity contribution in [3.05, 3.63) is 59.4 Å². The predicted octanol–water partition coefficient (Wildman–Crippen LogP) is 2.89. The van der Waals surface area contributed by atoms with Gasteiger partial charge in [0.15, 0.2) is 6.61 Å². The van der Waals surface area contributed by atoms with Crippen molar-refractivity contribution in [1.82, 2.24) is 5.43 Å². The highest BCUT2D eigenvalue weighted by Gasteiger charge is 2.15. The first kappa shape index (κ1) is 19.8. The van der Waals surface area contributed by atoms with Crippen molar-refractivity contribution in [2.75, 3.05) is 37.8 Å². The van der Waals surface area contributed by atoms with Gasteiger partial charge in [-0.1, -0.05) is 18.2 Å². The molecule has 2 aromatic carbocycles. The molecule has 1 heterocycles. The van der Waals surface area contributed by atoms with Gasteiger partial charge in [-0.3, -0.25) is 4.79 Å². The largest absolute Gasteiger partial charge is 0.484 e. The quantitative estimate of drug-likeness (QED) is 0.614. The number of halogens is 1. The fourth-order valence-electron chi connectivity index (χ4n) is 2.89. The van der Waals surface area contributed by atoms with Crippen molar-refractivity contribution >= 4 is 17.3 Å². The molecule has 0 bridgehead atoms. The number of hydrazone groups is 1. The Morgan fingerprint density at radius 3 is 2.75 bits per heavy atom. The van der Waals surface area contributed by atoms with Gasteiger partial charge in [0.25, 0.3) is 5.91 Å². The number of aryl methyl sites for hydroxylation is 1. The van der Waals surface area contributed by atoms with Gasteiger partial charge in [-0.15, -0.1) is 0 Å². The maximum Gasteiger partial charge on any atom is 0.277 e. The van der Waals surface area contributed by atoms with E-state index in [1.54, 1.807) is 25.1 Å². The minimum absolute atomic E-state index is 0.148. The molecule has 0 aromatic heterocycles. The monoisotopic (exact) mass is 385 g/mol. The number of ether oxygens (including phenoxy) is 2. The number of hydrogen-bond acceptors (Lipinski definition) is 5. The Labute approximate surface area is 163 Å². The zero-order valence-electron chi connectivity index (χ0n) is 16.1. The van der Waals surface area contributed by atoms with E-state index >= 15 is 0 Å². The molecular formula is C21H24FN3O3. The van der Waals surface area contributed by atoms with Crippen LogP contribution in [0.1, 0.15) is 18.1 Å². The minimum Gasteiger partial charge on any atom is -0.484 e. The van der Waals surface area contributed by atoms with Gasteiger partial charge in [-0.25, -0.2) is 9.82 Å². The lowest BCUT2D eigenvalue weighted by molar-refractivity contribution is -0.123. The van der Waals surface area contributed by atoms with Crippen LogP contribution in [0.2, 0.25) is 0 Å². The second kappa shape index (κ2) is 9.32. The molecule has 0 atom stereocenters. The molecule has 3 rings (SSSR count). The van der Waals surface area contributed by atoms with Gasteiger partial charge in [0.05, 0.1) is 24.6 Å². The standard InChI is InChI=1S/C21H24FN3O3/c1-15-4-3-5-18(12-15)28-14-21(26)24-23-16(2)17-6-7-20(19(22)13-17)25-8-10-27-11-9-25/h3-7,12-13H,8-11,14H2,1-2H3,(H,24,26)/b23-16-. The molecule has 0 spiro atoms. The molecule has 6 nitrogen and oxygen atoms in total. The molecule has 148 valence electrons. The molecule has 1 amide bonds. The van der Waals surface area contributed by atoms with Crippen LogP contribution >= 0.6 is 0 Å². The Balaban J connectivity index is 1.56. The topological polar surface area (TPSA) is 63.2 Å². The summed E-state index contributed by atoms with van der Waals surface area (Å²) in [5.74, 6) is -0.0778. The van der Waals surface area contributed by atoms with E-state index < -0.39 is 0 Å². The number of nitrogens with one attached hydrogen (secondary N) is 1. The van der Waals surface area contributed by atoms with Crippen LogP contribution in [-0.4, -0.2) is 44.5 Å². The summed E-state index contributed by atoms with van der Waals surface area (Å²) in [7, 11) is 0. The molecule has 1 N–H and O–H groups in total. The van der Waals surface area contributed by atoms with Crippen molar-refractivity contribution in [3.63, 3.8) is 0 Å². The van der Waals surface area contributed by atoms with Gasteiger partial charge in [-0.05, 0) is 43.7 Å². The Morgan fingerprint density at radius 2 is 2.04 bits per heavy atom. The summed E-state index contributed by atoms with van der Waals surface area (Å²) >= 11 is 0. The number of hydrogen-bond donors (Lipinski definition) is 1. The molecule has 0 aliphatic carbocycles. The zero-order chi connectivity index (χ0) is 19.9. The van der Waals surface area contributed by atoms with Crippen molar-refractivity contribution in [2.24, 2.45) is 5.10 Å². The average Bonchev–Trinajstić information content (AvgIpc) is 2.71.